The van der Waals surface area contributed by atoms with Gasteiger partial charge in [0.1, 0.15) is 59.2 Å². The Kier molecular flexibility index (Phi) is 16.7. The van der Waals surface area contributed by atoms with Crippen molar-refractivity contribution < 1.29 is 50.7 Å². The molecule has 83 heavy (non-hydrogen) atoms. The van der Waals surface area contributed by atoms with Crippen LogP contribution in [0, 0.1) is 12.7 Å². The van der Waals surface area contributed by atoms with Crippen molar-refractivity contribution in [2.24, 2.45) is 0 Å². The Hall–Kier alpha value is -8.13. The van der Waals surface area contributed by atoms with Gasteiger partial charge in [-0.2, -0.15) is 23.1 Å². The van der Waals surface area contributed by atoms with Crippen molar-refractivity contribution in [1.29, 1.82) is 0 Å². The molecule has 11 rings (SSSR count). The number of nitrogens with zero attached hydrogens (tertiary/aromatic N) is 8. The summed E-state index contributed by atoms with van der Waals surface area (Å²) in [5.74, 6) is 2.63. The first kappa shape index (κ1) is 56.7. The molecule has 3 aliphatic heterocycles. The van der Waals surface area contributed by atoms with Crippen LogP contribution in [0.1, 0.15) is 58.3 Å². The molecule has 2 fully saturated rings. The summed E-state index contributed by atoms with van der Waals surface area (Å²) in [6.07, 6.45) is -1.53. The molecule has 5 aromatic carbocycles. The van der Waals surface area contributed by atoms with Gasteiger partial charge in [0.05, 0.1) is 70.2 Å². The molecule has 0 N–H and O–H groups in total. The van der Waals surface area contributed by atoms with Crippen molar-refractivity contribution in [3.05, 3.63) is 171 Å². The van der Waals surface area contributed by atoms with Crippen molar-refractivity contribution in [2.45, 2.75) is 70.7 Å². The fraction of sp³-hybridized carbons (Fsp3) is 0.333. The fourth-order valence-electron chi connectivity index (χ4n) is 11.4. The molecule has 0 spiro atoms. The van der Waals surface area contributed by atoms with E-state index in [2.05, 4.69) is 14.8 Å². The van der Waals surface area contributed by atoms with Gasteiger partial charge < -0.3 is 47.9 Å². The van der Waals surface area contributed by atoms with E-state index in [4.69, 9.17) is 59.7 Å². The van der Waals surface area contributed by atoms with Gasteiger partial charge in [0.2, 0.25) is 0 Å². The molecular weight excluding hydrogens is 1090 g/mol. The second kappa shape index (κ2) is 24.4. The van der Waals surface area contributed by atoms with E-state index >= 15 is 17.6 Å². The van der Waals surface area contributed by atoms with Gasteiger partial charge in [-0.05, 0) is 103 Å². The Bertz CT molecular complexity index is 3490. The summed E-state index contributed by atoms with van der Waals surface area (Å²) in [4.78, 5) is 27.9. The molecule has 6 heterocycles. The number of morpholine rings is 1. The third-order valence-electron chi connectivity index (χ3n) is 15.8. The highest BCUT2D eigenvalue weighted by atomic mass is 35.5. The monoisotopic (exact) mass is 1150 g/mol. The summed E-state index contributed by atoms with van der Waals surface area (Å²) in [5.41, 5.74) is 2.18. The van der Waals surface area contributed by atoms with Gasteiger partial charge >= 0.3 is 12.2 Å². The molecule has 3 aliphatic rings. The Balaban J connectivity index is 1.07. The molecule has 3 atom stereocenters. The number of hydrogen-bond acceptors (Lipinski definition) is 15. The van der Waals surface area contributed by atoms with Crippen molar-refractivity contribution >= 4 is 40.0 Å². The third kappa shape index (κ3) is 11.8. The van der Waals surface area contributed by atoms with Crippen molar-refractivity contribution in [2.75, 3.05) is 82.7 Å². The summed E-state index contributed by atoms with van der Waals surface area (Å²) in [6.45, 7) is 6.84. The summed E-state index contributed by atoms with van der Waals surface area (Å²) >= 11 is 7.57. The number of pyridine rings is 2. The van der Waals surface area contributed by atoms with E-state index in [0.29, 0.717) is 43.6 Å². The highest BCUT2D eigenvalue weighted by molar-refractivity contribution is 6.37. The SMILES string of the molecule is COc1ccc(CN(Cc2ccc(OC)cc2)c2ncccc2[C@@H](C)N2CCOc3c(Cl)c(-c4c(N(Cc5ccc(OC)cc5)Cc5ccc(OC)cc5)ncc(C(F)(F)F)c4C)c(F)c4nc(OC[C@@H]5C[C@H]6COCCN65)nc2c34)cc1. The molecule has 0 unspecified atom stereocenters. The lowest BCUT2D eigenvalue weighted by molar-refractivity contribution is -0.138. The minimum Gasteiger partial charge on any atom is -0.497 e. The maximum Gasteiger partial charge on any atom is 0.418 e. The summed E-state index contributed by atoms with van der Waals surface area (Å²) in [6, 6.07) is 33.8. The van der Waals surface area contributed by atoms with Crippen molar-refractivity contribution in [1.82, 2.24) is 24.8 Å². The van der Waals surface area contributed by atoms with Crippen LogP contribution in [0.25, 0.3) is 22.0 Å². The van der Waals surface area contributed by atoms with Crippen LogP contribution in [-0.2, 0) is 37.1 Å². The number of ether oxygens (including phenoxy) is 7. The number of alkyl halides is 3. The van der Waals surface area contributed by atoms with Crippen molar-refractivity contribution in [3.63, 3.8) is 0 Å². The van der Waals surface area contributed by atoms with Crippen LogP contribution in [0.5, 0.6) is 34.8 Å². The Morgan fingerprint density at radius 2 is 1.24 bits per heavy atom. The molecule has 2 saturated heterocycles. The van der Waals surface area contributed by atoms with Gasteiger partial charge in [-0.15, -0.1) is 0 Å². The smallest absolute Gasteiger partial charge is 0.418 e. The first-order valence-corrected chi connectivity index (χ1v) is 27.7. The molecule has 0 bridgehead atoms. The molecular formula is C63H63ClF4N8O7. The Labute approximate surface area is 484 Å². The average molecular weight is 1160 g/mol. The lowest BCUT2D eigenvalue weighted by Crippen LogP contribution is -2.63. The van der Waals surface area contributed by atoms with E-state index < -0.39 is 23.6 Å². The molecule has 0 amide bonds. The van der Waals surface area contributed by atoms with Crippen molar-refractivity contribution in [3.8, 4) is 45.9 Å². The number of rotatable bonds is 20. The first-order valence-electron chi connectivity index (χ1n) is 27.4. The topological polar surface area (TPSA) is 129 Å². The lowest BCUT2D eigenvalue weighted by Gasteiger charge is -2.50. The highest BCUT2D eigenvalue weighted by Crippen LogP contribution is 2.52. The lowest BCUT2D eigenvalue weighted by atomic mass is 9.93. The highest BCUT2D eigenvalue weighted by Gasteiger charge is 2.42. The summed E-state index contributed by atoms with van der Waals surface area (Å²) in [5, 5.41) is -0.154. The second-order valence-electron chi connectivity index (χ2n) is 20.8. The normalized spacial score (nSPS) is 16.3. The largest absolute Gasteiger partial charge is 0.497 e. The van der Waals surface area contributed by atoms with E-state index in [9.17, 15) is 0 Å². The van der Waals surface area contributed by atoms with Crippen LogP contribution in [0.3, 0.4) is 0 Å². The molecule has 0 aliphatic carbocycles. The van der Waals surface area contributed by atoms with Gasteiger partial charge in [-0.1, -0.05) is 66.2 Å². The van der Waals surface area contributed by atoms with Gasteiger partial charge in [0.15, 0.2) is 11.6 Å². The van der Waals surface area contributed by atoms with Gasteiger partial charge in [0.25, 0.3) is 0 Å². The molecule has 20 heteroatoms. The standard InChI is InChI=1S/C63H63ClF4N8O7/c1-38-51(63(66,67)68)31-70-60(74(34-42-13-21-48(79-5)22-14-42)35-43-15-23-49(80-6)24-16-43)52(38)53-55(64)58-54-57(56(53)65)71-62(83-37-45-30-44-36-81-28-26-76(44)45)72-61(54)75(27-29-82-58)39(2)50-8-7-25-69-59(50)73(32-40-9-17-46(77-3)18-10-40)33-41-11-19-47(78-4)20-12-41/h7-25,31,39,44-45H,26-30,32-37H2,1-6H3/t39-,44+,45+/m1/s1. The molecule has 15 nitrogen and oxygen atoms in total. The van der Waals surface area contributed by atoms with Crippen LogP contribution in [0.4, 0.5) is 35.0 Å². The zero-order valence-corrected chi connectivity index (χ0v) is 47.6. The Morgan fingerprint density at radius 1 is 0.699 bits per heavy atom. The minimum absolute atomic E-state index is 0.00201. The molecule has 0 radical (unpaired) electrons. The average Bonchev–Trinajstić information content (AvgIpc) is 3.23. The Morgan fingerprint density at radius 3 is 1.76 bits per heavy atom. The van der Waals surface area contributed by atoms with Crippen LogP contribution in [0.15, 0.2) is 122 Å². The van der Waals surface area contributed by atoms with Gasteiger partial charge in [-0.3, -0.25) is 4.90 Å². The van der Waals surface area contributed by atoms with Crippen LogP contribution in [0.2, 0.25) is 5.02 Å². The maximum atomic E-state index is 18.8. The van der Waals surface area contributed by atoms with Gasteiger partial charge in [-0.25, -0.2) is 14.4 Å². The number of halogens is 5. The first-order chi connectivity index (χ1) is 40.2. The maximum absolute atomic E-state index is 18.8. The number of fused-ring (bicyclic) bond motifs is 1. The van der Waals surface area contributed by atoms with E-state index in [1.807, 2.05) is 96.8 Å². The zero-order valence-electron chi connectivity index (χ0n) is 46.9. The predicted octanol–water partition coefficient (Wildman–Crippen LogP) is 12.5. The minimum atomic E-state index is -4.89. The summed E-state index contributed by atoms with van der Waals surface area (Å²) < 4.78 is 105. The predicted molar refractivity (Wildman–Crippen MR) is 310 cm³/mol. The second-order valence-corrected chi connectivity index (χ2v) is 21.2. The molecule has 0 saturated carbocycles. The van der Waals surface area contributed by atoms with E-state index in [0.717, 1.165) is 58.5 Å². The van der Waals surface area contributed by atoms with E-state index in [1.165, 1.54) is 6.92 Å². The molecule has 3 aromatic heterocycles. The zero-order chi connectivity index (χ0) is 57.9. The summed E-state index contributed by atoms with van der Waals surface area (Å²) in [7, 11) is 6.38. The quantitative estimate of drug-likeness (QED) is 0.0671. The number of benzene rings is 5. The van der Waals surface area contributed by atoms with Crippen LogP contribution >= 0.6 is 11.6 Å². The number of methoxy groups -OCH3 is 4. The molecule has 432 valence electrons. The fourth-order valence-corrected chi connectivity index (χ4v) is 11.7. The van der Waals surface area contributed by atoms with Gasteiger partial charge in [0, 0.05) is 73.9 Å². The number of anilines is 3. The third-order valence-corrected chi connectivity index (χ3v) is 16.2. The van der Waals surface area contributed by atoms with E-state index in [1.54, 1.807) is 63.8 Å². The molecule has 8 aromatic rings. The number of aromatic nitrogens is 4. The van der Waals surface area contributed by atoms with Crippen LogP contribution in [-0.4, -0.2) is 105 Å². The van der Waals surface area contributed by atoms with Crippen LogP contribution < -0.4 is 43.1 Å². The number of hydrogen-bond donors (Lipinski definition) is 0. The van der Waals surface area contributed by atoms with E-state index in [-0.39, 0.29) is 101 Å².